The number of aliphatic hydroxyl groups is 1. The highest BCUT2D eigenvalue weighted by Crippen LogP contribution is 2.42. The van der Waals surface area contributed by atoms with E-state index in [0.29, 0.717) is 45.6 Å². The number of nitrogens with zero attached hydrogens (tertiary/aromatic N) is 2. The van der Waals surface area contributed by atoms with E-state index < -0.39 is 17.7 Å². The van der Waals surface area contributed by atoms with Crippen LogP contribution in [0.25, 0.3) is 5.76 Å². The van der Waals surface area contributed by atoms with Crippen molar-refractivity contribution in [1.82, 2.24) is 9.80 Å². The number of rotatable bonds is 8. The fourth-order valence-electron chi connectivity index (χ4n) is 4.12. The molecule has 176 valence electrons. The second-order valence-corrected chi connectivity index (χ2v) is 8.71. The lowest BCUT2D eigenvalue weighted by Crippen LogP contribution is -2.38. The van der Waals surface area contributed by atoms with Crippen LogP contribution in [0.5, 0.6) is 5.75 Å². The van der Waals surface area contributed by atoms with E-state index in [1.54, 1.807) is 50.4 Å². The number of hydrogen-bond acceptors (Lipinski definition) is 5. The lowest BCUT2D eigenvalue weighted by Gasteiger charge is -2.28. The van der Waals surface area contributed by atoms with Gasteiger partial charge in [0.1, 0.15) is 11.5 Å². The molecule has 2 aromatic carbocycles. The first-order valence-corrected chi connectivity index (χ1v) is 11.6. The predicted octanol–water partition coefficient (Wildman–Crippen LogP) is 5.07. The summed E-state index contributed by atoms with van der Waals surface area (Å²) in [7, 11) is 1.55. The van der Waals surface area contributed by atoms with Gasteiger partial charge in [-0.3, -0.25) is 9.59 Å². The Labute approximate surface area is 204 Å². The van der Waals surface area contributed by atoms with Crippen LogP contribution in [-0.4, -0.2) is 59.9 Å². The highest BCUT2D eigenvalue weighted by molar-refractivity contribution is 6.47. The van der Waals surface area contributed by atoms with E-state index in [1.807, 2.05) is 13.8 Å². The third-order valence-corrected chi connectivity index (χ3v) is 6.60. The van der Waals surface area contributed by atoms with Gasteiger partial charge in [-0.25, -0.2) is 0 Å². The molecule has 1 fully saturated rings. The molecular formula is C25H28Cl2N2O4. The molecule has 33 heavy (non-hydrogen) atoms. The van der Waals surface area contributed by atoms with Crippen molar-refractivity contribution in [1.29, 1.82) is 0 Å². The third kappa shape index (κ3) is 5.03. The molecule has 0 bridgehead atoms. The normalized spacial score (nSPS) is 17.8. The van der Waals surface area contributed by atoms with Crippen LogP contribution in [0.2, 0.25) is 10.0 Å². The number of ether oxygens (including phenoxy) is 1. The van der Waals surface area contributed by atoms with E-state index >= 15 is 0 Å². The van der Waals surface area contributed by atoms with E-state index in [-0.39, 0.29) is 11.3 Å². The summed E-state index contributed by atoms with van der Waals surface area (Å²) in [6, 6.07) is 9.23. The van der Waals surface area contributed by atoms with Crippen molar-refractivity contribution >= 4 is 40.7 Å². The fraction of sp³-hybridized carbons (Fsp3) is 0.360. The largest absolute Gasteiger partial charge is 0.507 e. The van der Waals surface area contributed by atoms with Gasteiger partial charge < -0.3 is 19.6 Å². The number of hydrogen-bond donors (Lipinski definition) is 1. The second-order valence-electron chi connectivity index (χ2n) is 7.87. The number of carbonyl (C=O) groups is 2. The number of halogens is 2. The summed E-state index contributed by atoms with van der Waals surface area (Å²) >= 11 is 12.6. The molecule has 0 spiro atoms. The lowest BCUT2D eigenvalue weighted by molar-refractivity contribution is -0.140. The van der Waals surface area contributed by atoms with Gasteiger partial charge in [0, 0.05) is 28.7 Å². The van der Waals surface area contributed by atoms with Crippen molar-refractivity contribution in [2.75, 3.05) is 33.3 Å². The average molecular weight is 491 g/mol. The monoisotopic (exact) mass is 490 g/mol. The third-order valence-electron chi connectivity index (χ3n) is 6.04. The molecule has 1 heterocycles. The quantitative estimate of drug-likeness (QED) is 0.317. The number of Topliss-reactive ketones (excluding diaryl/α,β-unsaturated/α-hetero) is 1. The van der Waals surface area contributed by atoms with Crippen LogP contribution < -0.4 is 4.74 Å². The number of likely N-dealkylation sites (tertiary alicyclic amines) is 1. The van der Waals surface area contributed by atoms with Gasteiger partial charge in [0.25, 0.3) is 11.7 Å². The first kappa shape index (κ1) is 25.1. The van der Waals surface area contributed by atoms with Gasteiger partial charge >= 0.3 is 0 Å². The first-order chi connectivity index (χ1) is 15.7. The van der Waals surface area contributed by atoms with E-state index in [2.05, 4.69) is 4.90 Å². The van der Waals surface area contributed by atoms with Gasteiger partial charge in [0.05, 0.1) is 18.7 Å². The SMILES string of the molecule is CCN(CC)CCN1C(=O)C(=O)C(=C(O)c2ccc(OC)cc2C)[C@H]1c1ccc(Cl)cc1Cl. The summed E-state index contributed by atoms with van der Waals surface area (Å²) in [5.41, 5.74) is 1.71. The smallest absolute Gasteiger partial charge is 0.295 e. The Kier molecular flexibility index (Phi) is 8.05. The zero-order valence-corrected chi connectivity index (χ0v) is 20.7. The molecule has 0 radical (unpaired) electrons. The van der Waals surface area contributed by atoms with Crippen LogP contribution in [0.1, 0.15) is 36.6 Å². The van der Waals surface area contributed by atoms with Crippen LogP contribution in [0.4, 0.5) is 0 Å². The molecule has 1 aliphatic heterocycles. The average Bonchev–Trinajstić information content (AvgIpc) is 3.04. The van der Waals surface area contributed by atoms with Crippen LogP contribution in [-0.2, 0) is 9.59 Å². The van der Waals surface area contributed by atoms with Crippen molar-refractivity contribution < 1.29 is 19.4 Å². The zero-order valence-electron chi connectivity index (χ0n) is 19.2. The maximum absolute atomic E-state index is 13.2. The van der Waals surface area contributed by atoms with Crippen molar-refractivity contribution in [2.24, 2.45) is 0 Å². The Morgan fingerprint density at radius 1 is 1.12 bits per heavy atom. The maximum atomic E-state index is 13.2. The van der Waals surface area contributed by atoms with E-state index in [0.717, 1.165) is 13.1 Å². The van der Waals surface area contributed by atoms with Gasteiger partial charge in [0.2, 0.25) is 0 Å². The molecule has 0 saturated carbocycles. The molecule has 2 aromatic rings. The van der Waals surface area contributed by atoms with Crippen molar-refractivity contribution in [3.05, 3.63) is 68.7 Å². The molecule has 1 N–H and O–H groups in total. The lowest BCUT2D eigenvalue weighted by atomic mass is 9.94. The Morgan fingerprint density at radius 2 is 1.82 bits per heavy atom. The Bertz CT molecular complexity index is 1100. The molecule has 3 rings (SSSR count). The minimum Gasteiger partial charge on any atom is -0.507 e. The summed E-state index contributed by atoms with van der Waals surface area (Å²) in [4.78, 5) is 30.0. The number of methoxy groups -OCH3 is 1. The maximum Gasteiger partial charge on any atom is 0.295 e. The standard InChI is InChI=1S/C25H28Cl2N2O4/c1-5-28(6-2)11-12-29-22(19-9-7-16(26)14-20(19)27)21(24(31)25(29)32)23(30)18-10-8-17(33-4)13-15(18)3/h7-10,13-14,22,30H,5-6,11-12H2,1-4H3/t22-/m1/s1. The number of aliphatic hydroxyl groups excluding tert-OH is 1. The molecule has 6 nitrogen and oxygen atoms in total. The zero-order chi connectivity index (χ0) is 24.3. The second kappa shape index (κ2) is 10.6. The number of likely N-dealkylation sites (N-methyl/N-ethyl adjacent to an activating group) is 1. The summed E-state index contributed by atoms with van der Waals surface area (Å²) in [5.74, 6) is -1.01. The minimum absolute atomic E-state index is 0.0111. The number of amides is 1. The predicted molar refractivity (Wildman–Crippen MR) is 131 cm³/mol. The Hall–Kier alpha value is -2.54. The molecule has 8 heteroatoms. The molecule has 1 aliphatic rings. The van der Waals surface area contributed by atoms with Crippen molar-refractivity contribution in [2.45, 2.75) is 26.8 Å². The van der Waals surface area contributed by atoms with E-state index in [9.17, 15) is 14.7 Å². The summed E-state index contributed by atoms with van der Waals surface area (Å²) in [5, 5.41) is 12.0. The summed E-state index contributed by atoms with van der Waals surface area (Å²) in [6.07, 6.45) is 0. The number of benzene rings is 2. The van der Waals surface area contributed by atoms with Crippen LogP contribution in [0, 0.1) is 6.92 Å². The molecular weight excluding hydrogens is 463 g/mol. The van der Waals surface area contributed by atoms with Crippen LogP contribution >= 0.6 is 23.2 Å². The number of aryl methyl sites for hydroxylation is 1. The molecule has 0 aromatic heterocycles. The number of ketones is 1. The molecule has 1 atom stereocenters. The van der Waals surface area contributed by atoms with Crippen molar-refractivity contribution in [3.63, 3.8) is 0 Å². The molecule has 1 saturated heterocycles. The number of carbonyl (C=O) groups excluding carboxylic acids is 2. The fourth-order valence-corrected chi connectivity index (χ4v) is 4.63. The highest BCUT2D eigenvalue weighted by Gasteiger charge is 2.46. The van der Waals surface area contributed by atoms with Gasteiger partial charge in [-0.2, -0.15) is 0 Å². The summed E-state index contributed by atoms with van der Waals surface area (Å²) < 4.78 is 5.24. The van der Waals surface area contributed by atoms with Crippen LogP contribution in [0.3, 0.4) is 0 Å². The summed E-state index contributed by atoms with van der Waals surface area (Å²) in [6.45, 7) is 8.42. The van der Waals surface area contributed by atoms with Gasteiger partial charge in [-0.15, -0.1) is 0 Å². The van der Waals surface area contributed by atoms with Gasteiger partial charge in [0.15, 0.2) is 0 Å². The van der Waals surface area contributed by atoms with Crippen molar-refractivity contribution in [3.8, 4) is 5.75 Å². The molecule has 0 aliphatic carbocycles. The van der Waals surface area contributed by atoms with E-state index in [4.69, 9.17) is 27.9 Å². The highest BCUT2D eigenvalue weighted by atomic mass is 35.5. The van der Waals surface area contributed by atoms with E-state index in [1.165, 1.54) is 4.90 Å². The van der Waals surface area contributed by atoms with Gasteiger partial charge in [-0.05, 0) is 61.5 Å². The van der Waals surface area contributed by atoms with Crippen LogP contribution in [0.15, 0.2) is 42.0 Å². The minimum atomic E-state index is -0.827. The molecule has 1 amide bonds. The Balaban J connectivity index is 2.17. The topological polar surface area (TPSA) is 70.1 Å². The molecule has 0 unspecified atom stereocenters. The first-order valence-electron chi connectivity index (χ1n) is 10.8. The Morgan fingerprint density at radius 3 is 2.39 bits per heavy atom. The van der Waals surface area contributed by atoms with Gasteiger partial charge in [-0.1, -0.05) is 43.1 Å².